The second kappa shape index (κ2) is 8.74. The predicted molar refractivity (Wildman–Crippen MR) is 84.4 cm³/mol. The van der Waals surface area contributed by atoms with Gasteiger partial charge in [0.2, 0.25) is 0 Å². The van der Waals surface area contributed by atoms with E-state index in [1.54, 1.807) is 0 Å². The first-order chi connectivity index (χ1) is 8.09. The van der Waals surface area contributed by atoms with Gasteiger partial charge < -0.3 is 5.32 Å². The quantitative estimate of drug-likeness (QED) is 0.832. The van der Waals surface area contributed by atoms with E-state index >= 15 is 0 Å². The van der Waals surface area contributed by atoms with Gasteiger partial charge in [0.15, 0.2) is 0 Å². The molecule has 1 saturated heterocycles. The Labute approximate surface area is 136 Å². The Morgan fingerprint density at radius 1 is 1.32 bits per heavy atom. The lowest BCUT2D eigenvalue weighted by Gasteiger charge is -2.33. The van der Waals surface area contributed by atoms with E-state index in [-0.39, 0.29) is 24.8 Å². The molecule has 0 spiro atoms. The molecule has 2 heterocycles. The second-order valence-corrected chi connectivity index (χ2v) is 6.57. The normalized spacial score (nSPS) is 17.7. The van der Waals surface area contributed by atoms with E-state index in [0.29, 0.717) is 13.1 Å². The fourth-order valence-corrected chi connectivity index (χ4v) is 3.76. The summed E-state index contributed by atoms with van der Waals surface area (Å²) >= 11 is 4.82. The summed E-state index contributed by atoms with van der Waals surface area (Å²) in [5, 5.41) is 3.18. The van der Waals surface area contributed by atoms with Crippen molar-refractivity contribution in [3.05, 3.63) is 20.3 Å². The molecule has 0 saturated carbocycles. The molecule has 1 atom stereocenters. The van der Waals surface area contributed by atoms with Crippen LogP contribution >= 0.6 is 52.1 Å². The molecule has 19 heavy (non-hydrogen) atoms. The van der Waals surface area contributed by atoms with Crippen LogP contribution in [-0.4, -0.2) is 37.5 Å². The first-order valence-corrected chi connectivity index (χ1v) is 7.19. The topological polar surface area (TPSA) is 15.3 Å². The number of hydrogen-bond donors (Lipinski definition) is 1. The molecule has 2 nitrogen and oxygen atoms in total. The van der Waals surface area contributed by atoms with E-state index in [9.17, 15) is 8.78 Å². The summed E-state index contributed by atoms with van der Waals surface area (Å²) in [5.41, 5.74) is 1.03. The Bertz CT molecular complexity index is 367. The van der Waals surface area contributed by atoms with Gasteiger partial charge in [-0.3, -0.25) is 4.90 Å². The van der Waals surface area contributed by atoms with Crippen LogP contribution in [0.3, 0.4) is 0 Å². The minimum Gasteiger partial charge on any atom is -0.314 e. The van der Waals surface area contributed by atoms with Gasteiger partial charge in [0.05, 0.1) is 3.79 Å². The average molecular weight is 398 g/mol. The Morgan fingerprint density at radius 3 is 2.32 bits per heavy atom. The van der Waals surface area contributed by atoms with Crippen LogP contribution in [0.4, 0.5) is 8.78 Å². The number of thiophene rings is 1. The number of hydrogen-bond acceptors (Lipinski definition) is 3. The van der Waals surface area contributed by atoms with Gasteiger partial charge in [0.1, 0.15) is 6.04 Å². The van der Waals surface area contributed by atoms with Gasteiger partial charge in [-0.2, -0.15) is 0 Å². The Morgan fingerprint density at radius 2 is 1.89 bits per heavy atom. The number of halogens is 5. The first kappa shape index (κ1) is 19.5. The van der Waals surface area contributed by atoms with Crippen LogP contribution in [0.15, 0.2) is 9.85 Å². The number of aryl methyl sites for hydroxylation is 1. The van der Waals surface area contributed by atoms with Crippen molar-refractivity contribution < 1.29 is 8.78 Å². The maximum Gasteiger partial charge on any atom is 0.258 e. The van der Waals surface area contributed by atoms with Crippen molar-refractivity contribution in [3.8, 4) is 0 Å². The molecule has 1 aliphatic heterocycles. The molecule has 1 aliphatic rings. The molecule has 0 bridgehead atoms. The summed E-state index contributed by atoms with van der Waals surface area (Å²) in [7, 11) is 0. The average Bonchev–Trinajstić information content (AvgIpc) is 2.60. The smallest absolute Gasteiger partial charge is 0.258 e. The van der Waals surface area contributed by atoms with Gasteiger partial charge in [0.25, 0.3) is 6.43 Å². The summed E-state index contributed by atoms with van der Waals surface area (Å²) < 4.78 is 27.4. The van der Waals surface area contributed by atoms with Crippen LogP contribution < -0.4 is 5.32 Å². The molecule has 8 heteroatoms. The highest BCUT2D eigenvalue weighted by molar-refractivity contribution is 9.11. The Kier molecular flexibility index (Phi) is 8.99. The van der Waals surface area contributed by atoms with Crippen molar-refractivity contribution in [2.24, 2.45) is 0 Å². The van der Waals surface area contributed by atoms with Crippen molar-refractivity contribution in [1.29, 1.82) is 0 Å². The van der Waals surface area contributed by atoms with E-state index in [4.69, 9.17) is 0 Å². The van der Waals surface area contributed by atoms with Gasteiger partial charge in [-0.25, -0.2) is 8.78 Å². The molecule has 1 aromatic rings. The number of nitrogens with zero attached hydrogens (tertiary/aromatic N) is 1. The van der Waals surface area contributed by atoms with Crippen LogP contribution in [0.2, 0.25) is 0 Å². The van der Waals surface area contributed by atoms with Crippen molar-refractivity contribution in [1.82, 2.24) is 10.2 Å². The molecule has 1 N–H and O–H groups in total. The highest BCUT2D eigenvalue weighted by Crippen LogP contribution is 2.37. The monoisotopic (exact) mass is 396 g/mol. The third-order valence-corrected chi connectivity index (χ3v) is 5.16. The molecule has 112 valence electrons. The largest absolute Gasteiger partial charge is 0.314 e. The summed E-state index contributed by atoms with van der Waals surface area (Å²) in [6, 6.07) is 1.11. The fourth-order valence-electron chi connectivity index (χ4n) is 2.05. The number of piperazine rings is 1. The second-order valence-electron chi connectivity index (χ2n) is 4.17. The molecule has 0 aromatic carbocycles. The van der Waals surface area contributed by atoms with E-state index < -0.39 is 12.5 Å². The molecular weight excluding hydrogens is 381 g/mol. The van der Waals surface area contributed by atoms with Crippen molar-refractivity contribution in [2.45, 2.75) is 19.4 Å². The molecule has 0 amide bonds. The van der Waals surface area contributed by atoms with Crippen molar-refractivity contribution in [3.63, 3.8) is 0 Å². The third-order valence-electron chi connectivity index (χ3n) is 2.95. The zero-order valence-electron chi connectivity index (χ0n) is 10.4. The molecule has 2 rings (SSSR count). The van der Waals surface area contributed by atoms with E-state index in [2.05, 4.69) is 21.2 Å². The first-order valence-electron chi connectivity index (χ1n) is 5.58. The van der Waals surface area contributed by atoms with Gasteiger partial charge in [-0.15, -0.1) is 36.2 Å². The van der Waals surface area contributed by atoms with Crippen LogP contribution in [0.1, 0.15) is 16.5 Å². The lowest BCUT2D eigenvalue weighted by molar-refractivity contribution is 0.0200. The van der Waals surface area contributed by atoms with Gasteiger partial charge in [-0.05, 0) is 34.5 Å². The maximum absolute atomic E-state index is 13.2. The van der Waals surface area contributed by atoms with Crippen LogP contribution in [-0.2, 0) is 0 Å². The summed E-state index contributed by atoms with van der Waals surface area (Å²) in [6.45, 7) is 4.88. The van der Waals surface area contributed by atoms with E-state index in [0.717, 1.165) is 27.3 Å². The summed E-state index contributed by atoms with van der Waals surface area (Å²) in [5.74, 6) is 0. The van der Waals surface area contributed by atoms with Gasteiger partial charge in [-0.1, -0.05) is 0 Å². The number of nitrogens with one attached hydrogen (secondary N) is 1. The Hall–Kier alpha value is 0.540. The van der Waals surface area contributed by atoms with E-state index in [1.165, 1.54) is 11.3 Å². The minimum atomic E-state index is -2.34. The van der Waals surface area contributed by atoms with Gasteiger partial charge >= 0.3 is 0 Å². The number of alkyl halides is 2. The van der Waals surface area contributed by atoms with Crippen LogP contribution in [0, 0.1) is 6.92 Å². The highest BCUT2D eigenvalue weighted by atomic mass is 79.9. The standard InChI is InChI=1S/C11H15BrF2N2S.2ClH/c1-7-6-8(17-10(7)12)9(11(13)14)16-4-2-15-3-5-16;;/h6,9,11,15H,2-5H2,1H3;2*1H/t9-;;/m0../s1. The summed E-state index contributed by atoms with van der Waals surface area (Å²) in [4.78, 5) is 2.63. The van der Waals surface area contributed by atoms with Crippen molar-refractivity contribution >= 4 is 52.1 Å². The SMILES string of the molecule is Cc1cc([C@@H](C(F)F)N2CCNCC2)sc1Br.Cl.Cl. The summed E-state index contributed by atoms with van der Waals surface area (Å²) in [6.07, 6.45) is -2.34. The molecule has 0 aliphatic carbocycles. The molecule has 1 fully saturated rings. The molecule has 1 aromatic heterocycles. The van der Waals surface area contributed by atoms with Crippen LogP contribution in [0.5, 0.6) is 0 Å². The van der Waals surface area contributed by atoms with Crippen LogP contribution in [0.25, 0.3) is 0 Å². The lowest BCUT2D eigenvalue weighted by Crippen LogP contribution is -2.46. The maximum atomic E-state index is 13.2. The number of rotatable bonds is 3. The molecule has 0 unspecified atom stereocenters. The Balaban J connectivity index is 0.00000162. The lowest BCUT2D eigenvalue weighted by atomic mass is 10.1. The van der Waals surface area contributed by atoms with Crippen molar-refractivity contribution in [2.75, 3.05) is 26.2 Å². The predicted octanol–water partition coefficient (Wildman–Crippen LogP) is 3.87. The highest BCUT2D eigenvalue weighted by Gasteiger charge is 2.31. The third kappa shape index (κ3) is 4.79. The van der Waals surface area contributed by atoms with Gasteiger partial charge in [0, 0.05) is 31.1 Å². The minimum absolute atomic E-state index is 0. The fraction of sp³-hybridized carbons (Fsp3) is 0.636. The van der Waals surface area contributed by atoms with E-state index in [1.807, 2.05) is 17.9 Å². The zero-order valence-corrected chi connectivity index (χ0v) is 14.4. The zero-order chi connectivity index (χ0) is 12.4. The molecular formula is C11H17BrCl2F2N2S. The molecule has 0 radical (unpaired) electrons.